The molecule has 4 rings (SSSR count). The van der Waals surface area contributed by atoms with Crippen molar-refractivity contribution in [2.24, 2.45) is 0 Å². The van der Waals surface area contributed by atoms with E-state index in [0.717, 1.165) is 11.3 Å². The van der Waals surface area contributed by atoms with Gasteiger partial charge >= 0.3 is 5.97 Å². The molecule has 1 atom stereocenters. The fourth-order valence-corrected chi connectivity index (χ4v) is 5.01. The van der Waals surface area contributed by atoms with Crippen LogP contribution in [0.2, 0.25) is 0 Å². The number of aromatic carboxylic acids is 1. The molecule has 1 unspecified atom stereocenters. The molecule has 142 valence electrons. The van der Waals surface area contributed by atoms with Crippen LogP contribution < -0.4 is 5.32 Å². The minimum atomic E-state index is -1.19. The van der Waals surface area contributed by atoms with Crippen molar-refractivity contribution in [2.45, 2.75) is 12.3 Å². The molecule has 2 aromatic carbocycles. The number of anilines is 1. The maximum atomic E-state index is 14.5. The molecule has 2 heterocycles. The molecule has 3 aromatic rings. The summed E-state index contributed by atoms with van der Waals surface area (Å²) in [7, 11) is 0. The van der Waals surface area contributed by atoms with Gasteiger partial charge in [0.15, 0.2) is 0 Å². The molecule has 0 radical (unpaired) electrons. The van der Waals surface area contributed by atoms with Crippen molar-refractivity contribution in [3.63, 3.8) is 0 Å². The molecule has 8 heteroatoms. The van der Waals surface area contributed by atoms with E-state index in [1.807, 2.05) is 0 Å². The van der Waals surface area contributed by atoms with Crippen LogP contribution >= 0.6 is 27.3 Å². The summed E-state index contributed by atoms with van der Waals surface area (Å²) in [5.41, 5.74) is 1.18. The van der Waals surface area contributed by atoms with Gasteiger partial charge in [0, 0.05) is 27.3 Å². The second kappa shape index (κ2) is 7.10. The monoisotopic (exact) mass is 463 g/mol. The predicted molar refractivity (Wildman–Crippen MR) is 106 cm³/mol. The van der Waals surface area contributed by atoms with Crippen LogP contribution in [0.15, 0.2) is 46.9 Å². The zero-order valence-electron chi connectivity index (χ0n) is 14.1. The zero-order chi connectivity index (χ0) is 20.0. The first-order valence-electron chi connectivity index (χ1n) is 8.26. The number of fused-ring (bicyclic) bond motifs is 1. The Morgan fingerprint density at radius 3 is 2.71 bits per heavy atom. The summed E-state index contributed by atoms with van der Waals surface area (Å²) in [5, 5.41) is 12.4. The van der Waals surface area contributed by atoms with Crippen LogP contribution in [0.1, 0.15) is 32.5 Å². The molecule has 4 nitrogen and oxygen atoms in total. The number of nitrogens with one attached hydrogen (secondary N) is 1. The summed E-state index contributed by atoms with van der Waals surface area (Å²) in [5.74, 6) is -3.19. The lowest BCUT2D eigenvalue weighted by Crippen LogP contribution is -2.23. The van der Waals surface area contributed by atoms with Gasteiger partial charge in [-0.3, -0.25) is 4.79 Å². The topological polar surface area (TPSA) is 66.4 Å². The SMILES string of the molecule is O=C1CC(c2cc(Br)ccc2F)c2sc(C(=O)O)c(-c3cccc(F)c3)c2N1. The molecule has 1 amide bonds. The van der Waals surface area contributed by atoms with E-state index < -0.39 is 23.5 Å². The van der Waals surface area contributed by atoms with Gasteiger partial charge in [-0.1, -0.05) is 28.1 Å². The summed E-state index contributed by atoms with van der Waals surface area (Å²) in [6.07, 6.45) is -0.0114. The third-order valence-corrected chi connectivity index (χ3v) is 6.33. The molecule has 0 spiro atoms. The van der Waals surface area contributed by atoms with E-state index in [2.05, 4.69) is 21.2 Å². The molecule has 0 saturated heterocycles. The minimum Gasteiger partial charge on any atom is -0.477 e. The molecular formula is C20H12BrF2NO3S. The summed E-state index contributed by atoms with van der Waals surface area (Å²) < 4.78 is 28.9. The minimum absolute atomic E-state index is 0.0114. The Morgan fingerprint density at radius 2 is 2.00 bits per heavy atom. The highest BCUT2D eigenvalue weighted by atomic mass is 79.9. The van der Waals surface area contributed by atoms with Crippen LogP contribution in [0.5, 0.6) is 0 Å². The highest BCUT2D eigenvalue weighted by molar-refractivity contribution is 9.10. The van der Waals surface area contributed by atoms with Gasteiger partial charge in [0.2, 0.25) is 5.91 Å². The molecule has 0 fully saturated rings. The van der Waals surface area contributed by atoms with E-state index in [-0.39, 0.29) is 22.8 Å². The third kappa shape index (κ3) is 3.22. The van der Waals surface area contributed by atoms with Crippen molar-refractivity contribution in [3.8, 4) is 11.1 Å². The van der Waals surface area contributed by atoms with Gasteiger partial charge in [-0.25, -0.2) is 13.6 Å². The van der Waals surface area contributed by atoms with Crippen LogP contribution in [0.3, 0.4) is 0 Å². The Labute approximate surface area is 171 Å². The largest absolute Gasteiger partial charge is 0.477 e. The maximum absolute atomic E-state index is 14.5. The second-order valence-corrected chi connectivity index (χ2v) is 8.30. The molecule has 0 aliphatic carbocycles. The molecule has 0 saturated carbocycles. The predicted octanol–water partition coefficient (Wildman–Crippen LogP) is 5.63. The maximum Gasteiger partial charge on any atom is 0.346 e. The Morgan fingerprint density at radius 1 is 1.21 bits per heavy atom. The lowest BCUT2D eigenvalue weighted by atomic mass is 9.88. The number of thiophene rings is 1. The Bertz CT molecular complexity index is 1130. The van der Waals surface area contributed by atoms with E-state index in [1.54, 1.807) is 18.2 Å². The fraction of sp³-hybridized carbons (Fsp3) is 0.100. The van der Waals surface area contributed by atoms with Gasteiger partial charge in [-0.15, -0.1) is 11.3 Å². The molecule has 28 heavy (non-hydrogen) atoms. The average Bonchev–Trinajstić information content (AvgIpc) is 3.02. The summed E-state index contributed by atoms with van der Waals surface area (Å²) in [6.45, 7) is 0. The van der Waals surface area contributed by atoms with E-state index in [1.165, 1.54) is 24.3 Å². The van der Waals surface area contributed by atoms with Crippen LogP contribution in [0.25, 0.3) is 11.1 Å². The molecule has 2 N–H and O–H groups in total. The number of rotatable bonds is 3. The summed E-state index contributed by atoms with van der Waals surface area (Å²) in [6, 6.07) is 9.95. The number of carbonyl (C=O) groups is 2. The zero-order valence-corrected chi connectivity index (χ0v) is 16.5. The molecular weight excluding hydrogens is 452 g/mol. The van der Waals surface area contributed by atoms with Gasteiger partial charge < -0.3 is 10.4 Å². The standard InChI is InChI=1S/C20H12BrF2NO3S/c21-10-4-5-14(23)12(7-10)13-8-15(25)24-17-16(9-2-1-3-11(22)6-9)19(20(26)27)28-18(13)17/h1-7,13H,8H2,(H,24,25)(H,26,27). The number of hydrogen-bond donors (Lipinski definition) is 2. The highest BCUT2D eigenvalue weighted by Gasteiger charge is 2.35. The van der Waals surface area contributed by atoms with E-state index in [9.17, 15) is 23.5 Å². The van der Waals surface area contributed by atoms with Crippen LogP contribution in [0.4, 0.5) is 14.5 Å². The van der Waals surface area contributed by atoms with Crippen molar-refractivity contribution >= 4 is 44.8 Å². The van der Waals surface area contributed by atoms with Crippen molar-refractivity contribution in [1.29, 1.82) is 0 Å². The molecule has 1 aliphatic rings. The van der Waals surface area contributed by atoms with Gasteiger partial charge in [-0.05, 0) is 41.5 Å². The first-order valence-corrected chi connectivity index (χ1v) is 9.87. The summed E-state index contributed by atoms with van der Waals surface area (Å²) >= 11 is 4.28. The van der Waals surface area contributed by atoms with Gasteiger partial charge in [-0.2, -0.15) is 0 Å². The lowest BCUT2D eigenvalue weighted by molar-refractivity contribution is -0.116. The van der Waals surface area contributed by atoms with Crippen molar-refractivity contribution < 1.29 is 23.5 Å². The first-order chi connectivity index (χ1) is 13.3. The first kappa shape index (κ1) is 18.8. The fourth-order valence-electron chi connectivity index (χ4n) is 3.39. The third-order valence-electron chi connectivity index (χ3n) is 4.55. The number of carboxylic acids is 1. The highest BCUT2D eigenvalue weighted by Crippen LogP contribution is 2.50. The molecule has 0 bridgehead atoms. The number of benzene rings is 2. The number of carbonyl (C=O) groups excluding carboxylic acids is 1. The molecule has 1 aromatic heterocycles. The van der Waals surface area contributed by atoms with Gasteiger partial charge in [0.05, 0.1) is 5.69 Å². The average molecular weight is 464 g/mol. The van der Waals surface area contributed by atoms with Crippen LogP contribution in [-0.2, 0) is 4.79 Å². The number of halogens is 3. The number of carboxylic acid groups (broad SMARTS) is 1. The van der Waals surface area contributed by atoms with E-state index in [0.29, 0.717) is 26.2 Å². The number of hydrogen-bond acceptors (Lipinski definition) is 3. The van der Waals surface area contributed by atoms with Crippen molar-refractivity contribution in [1.82, 2.24) is 0 Å². The van der Waals surface area contributed by atoms with E-state index >= 15 is 0 Å². The van der Waals surface area contributed by atoms with Gasteiger partial charge in [0.25, 0.3) is 0 Å². The summed E-state index contributed by atoms with van der Waals surface area (Å²) in [4.78, 5) is 24.7. The normalized spacial score (nSPS) is 15.8. The Kier molecular flexibility index (Phi) is 4.76. The lowest BCUT2D eigenvalue weighted by Gasteiger charge is -2.24. The van der Waals surface area contributed by atoms with Crippen LogP contribution in [-0.4, -0.2) is 17.0 Å². The smallest absolute Gasteiger partial charge is 0.346 e. The van der Waals surface area contributed by atoms with Crippen LogP contribution in [0, 0.1) is 11.6 Å². The van der Waals surface area contributed by atoms with Gasteiger partial charge in [0.1, 0.15) is 16.5 Å². The molecule has 1 aliphatic heterocycles. The van der Waals surface area contributed by atoms with Crippen molar-refractivity contribution in [3.05, 3.63) is 73.9 Å². The Hall–Kier alpha value is -2.58. The van der Waals surface area contributed by atoms with Crippen molar-refractivity contribution in [2.75, 3.05) is 5.32 Å². The quantitative estimate of drug-likeness (QED) is 0.528. The number of amides is 1. The second-order valence-electron chi connectivity index (χ2n) is 6.33. The Balaban J connectivity index is 1.98. The van der Waals surface area contributed by atoms with E-state index in [4.69, 9.17) is 0 Å².